The third kappa shape index (κ3) is 2.94. The van der Waals surface area contributed by atoms with Gasteiger partial charge in [0, 0.05) is 19.6 Å². The van der Waals surface area contributed by atoms with Gasteiger partial charge in [0.15, 0.2) is 0 Å². The lowest BCUT2D eigenvalue weighted by atomic mass is 10.2. The molecule has 0 bridgehead atoms. The van der Waals surface area contributed by atoms with Crippen LogP contribution in [-0.4, -0.2) is 54.0 Å². The van der Waals surface area contributed by atoms with Gasteiger partial charge in [0.05, 0.1) is 31.1 Å². The Labute approximate surface area is 119 Å². The molecule has 0 saturated carbocycles. The molecule has 1 saturated heterocycles. The van der Waals surface area contributed by atoms with Crippen molar-refractivity contribution in [2.75, 3.05) is 39.5 Å². The molecule has 0 aromatic carbocycles. The summed E-state index contributed by atoms with van der Waals surface area (Å²) >= 11 is 0. The maximum atomic E-state index is 5.82. The summed E-state index contributed by atoms with van der Waals surface area (Å²) in [6.07, 6.45) is 4.88. The van der Waals surface area contributed by atoms with Gasteiger partial charge in [-0.3, -0.25) is 4.90 Å². The van der Waals surface area contributed by atoms with E-state index in [0.717, 1.165) is 50.5 Å². The molecule has 20 heavy (non-hydrogen) atoms. The van der Waals surface area contributed by atoms with Gasteiger partial charge in [-0.2, -0.15) is 5.10 Å². The molecule has 2 aromatic heterocycles. The molecule has 2 aromatic rings. The van der Waals surface area contributed by atoms with Crippen molar-refractivity contribution < 1.29 is 9.47 Å². The molecule has 0 radical (unpaired) electrons. The number of hydrogen-bond acceptors (Lipinski definition) is 4. The second kappa shape index (κ2) is 6.24. The van der Waals surface area contributed by atoms with E-state index in [4.69, 9.17) is 9.47 Å². The Bertz CT molecular complexity index is 561. The minimum Gasteiger partial charge on any atom is -0.491 e. The Morgan fingerprint density at radius 1 is 1.30 bits per heavy atom. The van der Waals surface area contributed by atoms with Crippen molar-refractivity contribution in [3.63, 3.8) is 0 Å². The average molecular weight is 275 g/mol. The van der Waals surface area contributed by atoms with Gasteiger partial charge >= 0.3 is 0 Å². The molecule has 0 N–H and O–H groups in total. The van der Waals surface area contributed by atoms with E-state index in [-0.39, 0.29) is 0 Å². The lowest BCUT2D eigenvalue weighted by molar-refractivity contribution is 0.0322. The topological polar surface area (TPSA) is 39.0 Å². The zero-order valence-electron chi connectivity index (χ0n) is 11.9. The van der Waals surface area contributed by atoms with Crippen LogP contribution >= 0.6 is 0 Å². The second-order valence-corrected chi connectivity index (χ2v) is 5.02. The molecule has 0 spiro atoms. The van der Waals surface area contributed by atoms with Gasteiger partial charge in [-0.25, -0.2) is 4.52 Å². The van der Waals surface area contributed by atoms with E-state index in [1.54, 1.807) is 0 Å². The van der Waals surface area contributed by atoms with Gasteiger partial charge in [0.25, 0.3) is 0 Å². The van der Waals surface area contributed by atoms with Gasteiger partial charge in [0.2, 0.25) is 0 Å². The van der Waals surface area contributed by atoms with E-state index in [0.29, 0.717) is 6.61 Å². The number of pyridine rings is 1. The number of hydrogen-bond donors (Lipinski definition) is 0. The Morgan fingerprint density at radius 3 is 2.95 bits per heavy atom. The highest BCUT2D eigenvalue weighted by molar-refractivity contribution is 5.54. The van der Waals surface area contributed by atoms with E-state index in [9.17, 15) is 0 Å². The molecule has 3 rings (SSSR count). The van der Waals surface area contributed by atoms with Crippen LogP contribution in [0.25, 0.3) is 5.52 Å². The van der Waals surface area contributed by atoms with Crippen LogP contribution in [0, 0.1) is 0 Å². The fourth-order valence-electron chi connectivity index (χ4n) is 2.49. The third-order valence-electron chi connectivity index (χ3n) is 3.73. The summed E-state index contributed by atoms with van der Waals surface area (Å²) in [7, 11) is 0. The van der Waals surface area contributed by atoms with E-state index in [1.807, 2.05) is 23.0 Å². The maximum Gasteiger partial charge on any atom is 0.137 e. The average Bonchev–Trinajstić information content (AvgIpc) is 2.90. The van der Waals surface area contributed by atoms with Gasteiger partial charge in [-0.1, -0.05) is 6.92 Å². The monoisotopic (exact) mass is 275 g/mol. The zero-order valence-corrected chi connectivity index (χ0v) is 11.9. The first kappa shape index (κ1) is 13.4. The first-order valence-electron chi connectivity index (χ1n) is 7.26. The van der Waals surface area contributed by atoms with Gasteiger partial charge < -0.3 is 9.47 Å². The van der Waals surface area contributed by atoms with Crippen LogP contribution in [-0.2, 0) is 11.2 Å². The van der Waals surface area contributed by atoms with Crippen molar-refractivity contribution in [2.24, 2.45) is 0 Å². The van der Waals surface area contributed by atoms with Gasteiger partial charge in [0.1, 0.15) is 12.4 Å². The van der Waals surface area contributed by atoms with Crippen LogP contribution in [0.1, 0.15) is 12.5 Å². The second-order valence-electron chi connectivity index (χ2n) is 5.02. The number of morpholine rings is 1. The smallest absolute Gasteiger partial charge is 0.137 e. The highest BCUT2D eigenvalue weighted by Gasteiger charge is 2.10. The number of aromatic nitrogens is 2. The van der Waals surface area contributed by atoms with Crippen LogP contribution in [0.5, 0.6) is 5.75 Å². The minimum atomic E-state index is 0.702. The van der Waals surface area contributed by atoms with Crippen molar-refractivity contribution in [3.8, 4) is 5.75 Å². The molecule has 0 atom stereocenters. The normalized spacial score (nSPS) is 16.6. The number of aryl methyl sites for hydroxylation is 1. The van der Waals surface area contributed by atoms with Crippen LogP contribution in [0.2, 0.25) is 0 Å². The Morgan fingerprint density at radius 2 is 2.15 bits per heavy atom. The standard InChI is InChI=1S/C15H21N3O2/c1-2-13-11-16-18-12-14(3-4-15(13)18)20-10-7-17-5-8-19-9-6-17/h3-4,11-12H,2,5-10H2,1H3. The minimum absolute atomic E-state index is 0.702. The number of rotatable bonds is 5. The number of ether oxygens (including phenoxy) is 2. The van der Waals surface area contributed by atoms with Crippen LogP contribution in [0.15, 0.2) is 24.5 Å². The maximum absolute atomic E-state index is 5.82. The van der Waals surface area contributed by atoms with Crippen LogP contribution in [0.3, 0.4) is 0 Å². The Hall–Kier alpha value is -1.59. The molecule has 1 fully saturated rings. The van der Waals surface area contributed by atoms with Crippen molar-refractivity contribution in [3.05, 3.63) is 30.1 Å². The molecule has 5 nitrogen and oxygen atoms in total. The number of fused-ring (bicyclic) bond motifs is 1. The van der Waals surface area contributed by atoms with E-state index in [1.165, 1.54) is 5.56 Å². The van der Waals surface area contributed by atoms with Crippen molar-refractivity contribution in [1.82, 2.24) is 14.5 Å². The summed E-state index contributed by atoms with van der Waals surface area (Å²) < 4.78 is 13.0. The molecule has 108 valence electrons. The van der Waals surface area contributed by atoms with Gasteiger partial charge in [-0.05, 0) is 24.1 Å². The quantitative estimate of drug-likeness (QED) is 0.831. The van der Waals surface area contributed by atoms with Crippen molar-refractivity contribution >= 4 is 5.52 Å². The predicted octanol–water partition coefficient (Wildman–Crippen LogP) is 1.61. The molecular weight excluding hydrogens is 254 g/mol. The third-order valence-corrected chi connectivity index (χ3v) is 3.73. The van der Waals surface area contributed by atoms with Crippen molar-refractivity contribution in [1.29, 1.82) is 0 Å². The molecule has 1 aliphatic rings. The predicted molar refractivity (Wildman–Crippen MR) is 77.3 cm³/mol. The lowest BCUT2D eigenvalue weighted by Gasteiger charge is -2.26. The molecule has 0 aliphatic carbocycles. The Kier molecular flexibility index (Phi) is 4.18. The van der Waals surface area contributed by atoms with E-state index < -0.39 is 0 Å². The molecule has 0 unspecified atom stereocenters. The lowest BCUT2D eigenvalue weighted by Crippen LogP contribution is -2.38. The summed E-state index contributed by atoms with van der Waals surface area (Å²) in [5.41, 5.74) is 2.43. The molecule has 5 heteroatoms. The van der Waals surface area contributed by atoms with Crippen LogP contribution in [0.4, 0.5) is 0 Å². The Balaban J connectivity index is 1.57. The van der Waals surface area contributed by atoms with Crippen LogP contribution < -0.4 is 4.74 Å². The largest absolute Gasteiger partial charge is 0.491 e. The highest BCUT2D eigenvalue weighted by atomic mass is 16.5. The van der Waals surface area contributed by atoms with E-state index in [2.05, 4.69) is 23.0 Å². The summed E-state index contributed by atoms with van der Waals surface area (Å²) in [5, 5.41) is 4.36. The molecule has 3 heterocycles. The van der Waals surface area contributed by atoms with Crippen molar-refractivity contribution in [2.45, 2.75) is 13.3 Å². The SMILES string of the molecule is CCc1cnn2cc(OCCN3CCOCC3)ccc12. The molecule has 1 aliphatic heterocycles. The summed E-state index contributed by atoms with van der Waals surface area (Å²) in [6.45, 7) is 7.46. The summed E-state index contributed by atoms with van der Waals surface area (Å²) in [4.78, 5) is 2.37. The highest BCUT2D eigenvalue weighted by Crippen LogP contribution is 2.16. The zero-order chi connectivity index (χ0) is 13.8. The van der Waals surface area contributed by atoms with Gasteiger partial charge in [-0.15, -0.1) is 0 Å². The first-order valence-corrected chi connectivity index (χ1v) is 7.26. The molecular formula is C15H21N3O2. The first-order chi connectivity index (χ1) is 9.86. The summed E-state index contributed by atoms with van der Waals surface area (Å²) in [5.74, 6) is 0.872. The van der Waals surface area contributed by atoms with E-state index >= 15 is 0 Å². The molecule has 0 amide bonds. The fourth-order valence-corrected chi connectivity index (χ4v) is 2.49. The fraction of sp³-hybridized carbons (Fsp3) is 0.533. The summed E-state index contributed by atoms with van der Waals surface area (Å²) in [6, 6.07) is 4.10. The number of nitrogens with zero attached hydrogens (tertiary/aromatic N) is 3.